The van der Waals surface area contributed by atoms with E-state index in [1.54, 1.807) is 0 Å². The SMILES string of the molecule is O=C(NC[C@H](O)C(=O)O)Nc1cc(F)c(F)cc1F. The second kappa shape index (κ2) is 6.05. The molecular formula is C10H9F3N2O4. The number of aliphatic carboxylic acids is 1. The molecule has 0 unspecified atom stereocenters. The Bertz CT molecular complexity index is 510. The highest BCUT2D eigenvalue weighted by molar-refractivity contribution is 5.89. The first-order chi connectivity index (χ1) is 8.81. The molecule has 0 radical (unpaired) electrons. The van der Waals surface area contributed by atoms with E-state index in [9.17, 15) is 22.8 Å². The summed E-state index contributed by atoms with van der Waals surface area (Å²) in [6.45, 7) is -0.632. The zero-order valence-electron chi connectivity index (χ0n) is 9.28. The van der Waals surface area contributed by atoms with Gasteiger partial charge >= 0.3 is 12.0 Å². The van der Waals surface area contributed by atoms with Crippen LogP contribution < -0.4 is 10.6 Å². The van der Waals surface area contributed by atoms with Gasteiger partial charge in [-0.2, -0.15) is 0 Å². The van der Waals surface area contributed by atoms with E-state index in [1.807, 2.05) is 10.6 Å². The van der Waals surface area contributed by atoms with Crippen molar-refractivity contribution in [2.75, 3.05) is 11.9 Å². The summed E-state index contributed by atoms with van der Waals surface area (Å²) in [5, 5.41) is 20.9. The third-order valence-corrected chi connectivity index (χ3v) is 2.00. The molecule has 1 aromatic carbocycles. The van der Waals surface area contributed by atoms with Gasteiger partial charge in [0, 0.05) is 12.1 Å². The molecule has 0 spiro atoms. The third-order valence-electron chi connectivity index (χ3n) is 2.00. The topological polar surface area (TPSA) is 98.7 Å². The van der Waals surface area contributed by atoms with Crippen molar-refractivity contribution in [2.45, 2.75) is 6.10 Å². The molecule has 0 fully saturated rings. The van der Waals surface area contributed by atoms with Crippen LogP contribution in [0.3, 0.4) is 0 Å². The van der Waals surface area contributed by atoms with Gasteiger partial charge in [-0.3, -0.25) is 0 Å². The van der Waals surface area contributed by atoms with Crippen LogP contribution in [0.25, 0.3) is 0 Å². The molecule has 1 rings (SSSR count). The number of halogens is 3. The van der Waals surface area contributed by atoms with E-state index in [1.165, 1.54) is 0 Å². The molecule has 0 heterocycles. The summed E-state index contributed by atoms with van der Waals surface area (Å²) in [5.41, 5.74) is -0.624. The number of hydrogen-bond donors (Lipinski definition) is 4. The van der Waals surface area contributed by atoms with Gasteiger partial charge < -0.3 is 20.8 Å². The lowest BCUT2D eigenvalue weighted by molar-refractivity contribution is -0.146. The molecule has 1 aromatic rings. The molecule has 0 bridgehead atoms. The molecule has 0 saturated carbocycles. The Balaban J connectivity index is 2.62. The number of carbonyl (C=O) groups is 2. The summed E-state index contributed by atoms with van der Waals surface area (Å²) in [6, 6.07) is -0.403. The Morgan fingerprint density at radius 3 is 2.32 bits per heavy atom. The van der Waals surface area contributed by atoms with Crippen molar-refractivity contribution in [1.29, 1.82) is 0 Å². The minimum Gasteiger partial charge on any atom is -0.479 e. The minimum atomic E-state index is -1.83. The number of benzene rings is 1. The number of nitrogens with one attached hydrogen (secondary N) is 2. The van der Waals surface area contributed by atoms with Gasteiger partial charge in [0.2, 0.25) is 0 Å². The predicted molar refractivity (Wildman–Crippen MR) is 57.0 cm³/mol. The van der Waals surface area contributed by atoms with E-state index in [0.717, 1.165) is 0 Å². The number of aliphatic hydroxyl groups excluding tert-OH is 1. The van der Waals surface area contributed by atoms with Gasteiger partial charge in [-0.25, -0.2) is 22.8 Å². The molecule has 104 valence electrons. The molecule has 1 atom stereocenters. The van der Waals surface area contributed by atoms with Gasteiger partial charge in [-0.1, -0.05) is 0 Å². The van der Waals surface area contributed by atoms with Crippen molar-refractivity contribution in [2.24, 2.45) is 0 Å². The van der Waals surface area contributed by atoms with Crippen LogP contribution >= 0.6 is 0 Å². The zero-order valence-corrected chi connectivity index (χ0v) is 9.28. The first kappa shape index (κ1) is 14.8. The zero-order chi connectivity index (χ0) is 14.6. The molecule has 0 aliphatic carbocycles. The summed E-state index contributed by atoms with van der Waals surface area (Å²) in [6.07, 6.45) is -1.83. The van der Waals surface area contributed by atoms with Crippen LogP contribution in [0.15, 0.2) is 12.1 Å². The summed E-state index contributed by atoms with van der Waals surface area (Å²) >= 11 is 0. The summed E-state index contributed by atoms with van der Waals surface area (Å²) < 4.78 is 38.5. The molecule has 2 amide bonds. The molecule has 4 N–H and O–H groups in total. The molecule has 9 heteroatoms. The molecule has 0 saturated heterocycles. The highest BCUT2D eigenvalue weighted by Crippen LogP contribution is 2.18. The molecular weight excluding hydrogens is 269 g/mol. The van der Waals surface area contributed by atoms with Gasteiger partial charge in [-0.05, 0) is 0 Å². The average Bonchev–Trinajstić information content (AvgIpc) is 2.32. The Labute approximate surface area is 104 Å². The minimum absolute atomic E-state index is 0.247. The predicted octanol–water partition coefficient (Wildman–Crippen LogP) is 0.671. The van der Waals surface area contributed by atoms with Crippen molar-refractivity contribution in [3.8, 4) is 0 Å². The Morgan fingerprint density at radius 2 is 1.74 bits per heavy atom. The fourth-order valence-electron chi connectivity index (χ4n) is 1.06. The lowest BCUT2D eigenvalue weighted by atomic mass is 10.3. The molecule has 19 heavy (non-hydrogen) atoms. The number of carboxylic acid groups (broad SMARTS) is 1. The van der Waals surface area contributed by atoms with Crippen molar-refractivity contribution in [3.05, 3.63) is 29.6 Å². The summed E-state index contributed by atoms with van der Waals surface area (Å²) in [5.74, 6) is -5.53. The molecule has 6 nitrogen and oxygen atoms in total. The van der Waals surface area contributed by atoms with E-state index >= 15 is 0 Å². The normalized spacial score (nSPS) is 11.8. The van der Waals surface area contributed by atoms with Crippen molar-refractivity contribution in [3.63, 3.8) is 0 Å². The first-order valence-electron chi connectivity index (χ1n) is 4.91. The second-order valence-corrected chi connectivity index (χ2v) is 3.44. The number of anilines is 1. The number of amides is 2. The fraction of sp³-hybridized carbons (Fsp3) is 0.200. The number of carbonyl (C=O) groups excluding carboxylic acids is 1. The van der Waals surface area contributed by atoms with Crippen molar-refractivity contribution >= 4 is 17.7 Å². The van der Waals surface area contributed by atoms with Crippen molar-refractivity contribution in [1.82, 2.24) is 5.32 Å². The van der Waals surface area contributed by atoms with E-state index in [-0.39, 0.29) is 6.07 Å². The van der Waals surface area contributed by atoms with Crippen LogP contribution in [0, 0.1) is 17.5 Å². The van der Waals surface area contributed by atoms with Crippen LogP contribution in [0.5, 0.6) is 0 Å². The second-order valence-electron chi connectivity index (χ2n) is 3.44. The highest BCUT2D eigenvalue weighted by Gasteiger charge is 2.16. The van der Waals surface area contributed by atoms with Crippen molar-refractivity contribution < 1.29 is 33.0 Å². The third kappa shape index (κ3) is 4.14. The van der Waals surface area contributed by atoms with Gasteiger partial charge in [0.25, 0.3) is 0 Å². The lowest BCUT2D eigenvalue weighted by Crippen LogP contribution is -2.38. The Hall–Kier alpha value is -2.29. The van der Waals surface area contributed by atoms with E-state index in [4.69, 9.17) is 10.2 Å². The monoisotopic (exact) mass is 278 g/mol. The molecule has 0 aromatic heterocycles. The number of hydrogen-bond acceptors (Lipinski definition) is 3. The Morgan fingerprint density at radius 1 is 1.16 bits per heavy atom. The van der Waals surface area contributed by atoms with Crippen LogP contribution in [0.4, 0.5) is 23.7 Å². The number of urea groups is 1. The smallest absolute Gasteiger partial charge is 0.334 e. The standard InChI is InChI=1S/C10H9F3N2O4/c11-4-1-6(13)7(2-5(4)12)15-10(19)14-3-8(16)9(17)18/h1-2,8,16H,3H2,(H,17,18)(H2,14,15,19)/t8-/m0/s1. The van der Waals surface area contributed by atoms with E-state index in [2.05, 4.69) is 0 Å². The number of rotatable bonds is 4. The Kier molecular flexibility index (Phi) is 4.70. The number of aliphatic hydroxyl groups is 1. The van der Waals surface area contributed by atoms with Crippen LogP contribution in [0.2, 0.25) is 0 Å². The maximum atomic E-state index is 13.1. The maximum Gasteiger partial charge on any atom is 0.334 e. The van der Waals surface area contributed by atoms with Crippen LogP contribution in [-0.2, 0) is 4.79 Å². The van der Waals surface area contributed by atoms with Gasteiger partial charge in [0.05, 0.1) is 12.2 Å². The highest BCUT2D eigenvalue weighted by atomic mass is 19.2. The van der Waals surface area contributed by atoms with Gasteiger partial charge in [0.15, 0.2) is 17.7 Å². The van der Waals surface area contributed by atoms with Crippen LogP contribution in [-0.4, -0.2) is 34.9 Å². The lowest BCUT2D eigenvalue weighted by Gasteiger charge is -2.10. The summed E-state index contributed by atoms with van der Waals surface area (Å²) in [4.78, 5) is 21.4. The average molecular weight is 278 g/mol. The maximum absolute atomic E-state index is 13.1. The quantitative estimate of drug-likeness (QED) is 0.608. The fourth-order valence-corrected chi connectivity index (χ4v) is 1.06. The largest absolute Gasteiger partial charge is 0.479 e. The van der Waals surface area contributed by atoms with Gasteiger partial charge in [0.1, 0.15) is 5.82 Å². The summed E-state index contributed by atoms with van der Waals surface area (Å²) in [7, 11) is 0. The van der Waals surface area contributed by atoms with E-state index < -0.39 is 47.8 Å². The molecule has 0 aliphatic rings. The number of carboxylic acids is 1. The first-order valence-corrected chi connectivity index (χ1v) is 4.91. The molecule has 0 aliphatic heterocycles. The van der Waals surface area contributed by atoms with Gasteiger partial charge in [-0.15, -0.1) is 0 Å². The van der Waals surface area contributed by atoms with Crippen LogP contribution in [0.1, 0.15) is 0 Å². The van der Waals surface area contributed by atoms with E-state index in [0.29, 0.717) is 6.07 Å².